The van der Waals surface area contributed by atoms with Crippen molar-refractivity contribution < 1.29 is 9.53 Å². The highest BCUT2D eigenvalue weighted by molar-refractivity contribution is 7.11. The summed E-state index contributed by atoms with van der Waals surface area (Å²) in [5.41, 5.74) is 4.61. The van der Waals surface area contributed by atoms with Crippen molar-refractivity contribution in [1.82, 2.24) is 9.38 Å². The Bertz CT molecular complexity index is 782. The van der Waals surface area contributed by atoms with Gasteiger partial charge in [0.05, 0.1) is 18.9 Å². The highest BCUT2D eigenvalue weighted by atomic mass is 35.5. The Balaban J connectivity index is 2.13. The van der Waals surface area contributed by atoms with Gasteiger partial charge in [0, 0.05) is 6.07 Å². The summed E-state index contributed by atoms with van der Waals surface area (Å²) in [6.45, 7) is 4.22. The molecule has 6 nitrogen and oxygen atoms in total. The number of nitrogens with zero attached hydrogens (tertiary/aromatic N) is 2. The van der Waals surface area contributed by atoms with Crippen LogP contribution in [0.5, 0.6) is 0 Å². The van der Waals surface area contributed by atoms with Crippen LogP contribution in [0.2, 0.25) is 4.34 Å². The number of carbonyl (C=O) groups is 1. The van der Waals surface area contributed by atoms with Gasteiger partial charge in [-0.3, -0.25) is 8.75 Å². The van der Waals surface area contributed by atoms with Gasteiger partial charge in [0.25, 0.3) is 5.56 Å². The second-order valence-corrected chi connectivity index (χ2v) is 6.34. The van der Waals surface area contributed by atoms with Gasteiger partial charge in [-0.2, -0.15) is 5.10 Å². The zero-order valence-electron chi connectivity index (χ0n) is 12.7. The van der Waals surface area contributed by atoms with E-state index in [1.165, 1.54) is 17.6 Å². The molecule has 23 heavy (non-hydrogen) atoms. The highest BCUT2D eigenvalue weighted by Gasteiger charge is 2.06. The van der Waals surface area contributed by atoms with E-state index in [1.807, 2.05) is 24.3 Å². The molecule has 1 heterocycles. The van der Waals surface area contributed by atoms with Crippen molar-refractivity contribution in [3.8, 4) is 0 Å². The molecule has 122 valence electrons. The standard InChI is InChI=1S/C15H16ClN3O3S/c1-3-22-15(21)18-17-10(2)12-6-4-5-11(7-12)9-19-14(20)8-13(16)23-19/h4-8H,3,9H2,1-2H3,(H,18,21)/b17-10-. The van der Waals surface area contributed by atoms with E-state index in [0.29, 0.717) is 16.6 Å². The van der Waals surface area contributed by atoms with Crippen molar-refractivity contribution in [2.24, 2.45) is 5.10 Å². The lowest BCUT2D eigenvalue weighted by atomic mass is 10.1. The molecule has 0 radical (unpaired) electrons. The van der Waals surface area contributed by atoms with Gasteiger partial charge in [0.2, 0.25) is 0 Å². The fourth-order valence-electron chi connectivity index (χ4n) is 1.87. The first kappa shape index (κ1) is 17.2. The van der Waals surface area contributed by atoms with E-state index in [-0.39, 0.29) is 12.2 Å². The molecule has 0 aliphatic carbocycles. The van der Waals surface area contributed by atoms with Crippen LogP contribution in [0.15, 0.2) is 40.2 Å². The van der Waals surface area contributed by atoms with Crippen molar-refractivity contribution in [1.29, 1.82) is 0 Å². The highest BCUT2D eigenvalue weighted by Crippen LogP contribution is 2.15. The van der Waals surface area contributed by atoms with Crippen LogP contribution in [-0.4, -0.2) is 22.4 Å². The van der Waals surface area contributed by atoms with Crippen LogP contribution < -0.4 is 11.0 Å². The summed E-state index contributed by atoms with van der Waals surface area (Å²) in [6.07, 6.45) is -0.595. The van der Waals surface area contributed by atoms with E-state index in [0.717, 1.165) is 11.1 Å². The maximum Gasteiger partial charge on any atom is 0.427 e. The molecule has 1 aromatic heterocycles. The predicted molar refractivity (Wildman–Crippen MR) is 91.5 cm³/mol. The number of aromatic nitrogens is 1. The quantitative estimate of drug-likeness (QED) is 0.663. The smallest absolute Gasteiger partial charge is 0.427 e. The molecule has 0 saturated carbocycles. The Morgan fingerprint density at radius 2 is 2.22 bits per heavy atom. The van der Waals surface area contributed by atoms with Crippen LogP contribution in [0.4, 0.5) is 4.79 Å². The molecule has 2 rings (SSSR count). The van der Waals surface area contributed by atoms with E-state index >= 15 is 0 Å². The van der Waals surface area contributed by atoms with Gasteiger partial charge in [0.1, 0.15) is 4.34 Å². The lowest BCUT2D eigenvalue weighted by molar-refractivity contribution is 0.152. The number of nitrogens with one attached hydrogen (secondary N) is 1. The van der Waals surface area contributed by atoms with E-state index in [2.05, 4.69) is 10.5 Å². The number of halogens is 1. The molecule has 0 atom stereocenters. The Morgan fingerprint density at radius 3 is 2.87 bits per heavy atom. The van der Waals surface area contributed by atoms with E-state index in [9.17, 15) is 9.59 Å². The Hall–Kier alpha value is -2.12. The third-order valence-electron chi connectivity index (χ3n) is 2.94. The molecular formula is C15H16ClN3O3S. The molecule has 2 aromatic rings. The fraction of sp³-hybridized carbons (Fsp3) is 0.267. The number of hydrogen-bond acceptors (Lipinski definition) is 5. The van der Waals surface area contributed by atoms with Crippen molar-refractivity contribution >= 4 is 34.9 Å². The van der Waals surface area contributed by atoms with E-state index < -0.39 is 6.09 Å². The summed E-state index contributed by atoms with van der Waals surface area (Å²) in [4.78, 5) is 22.9. The maximum atomic E-state index is 11.7. The second-order valence-electron chi connectivity index (χ2n) is 4.64. The number of hydrogen-bond donors (Lipinski definition) is 1. The molecule has 1 aromatic carbocycles. The number of ether oxygens (including phenoxy) is 1. The third kappa shape index (κ3) is 4.94. The van der Waals surface area contributed by atoms with Crippen LogP contribution in [-0.2, 0) is 11.3 Å². The summed E-state index contributed by atoms with van der Waals surface area (Å²) in [5, 5.41) is 3.99. The molecule has 0 aliphatic heterocycles. The van der Waals surface area contributed by atoms with Crippen LogP contribution in [0.25, 0.3) is 0 Å². The SMILES string of the molecule is CCOC(=O)N/N=C(/C)c1cccc(Cn2sc(Cl)cc2=O)c1. The average molecular weight is 354 g/mol. The summed E-state index contributed by atoms with van der Waals surface area (Å²) in [7, 11) is 0. The van der Waals surface area contributed by atoms with Crippen molar-refractivity contribution in [2.75, 3.05) is 6.61 Å². The van der Waals surface area contributed by atoms with Gasteiger partial charge in [-0.25, -0.2) is 10.2 Å². The van der Waals surface area contributed by atoms with Gasteiger partial charge in [-0.15, -0.1) is 0 Å². The Kier molecular flexibility index (Phi) is 5.95. The van der Waals surface area contributed by atoms with Crippen LogP contribution in [0.1, 0.15) is 25.0 Å². The molecule has 0 bridgehead atoms. The molecule has 0 saturated heterocycles. The Morgan fingerprint density at radius 1 is 1.43 bits per heavy atom. The Labute approximate surface area is 142 Å². The van der Waals surface area contributed by atoms with Crippen LogP contribution >= 0.6 is 23.1 Å². The van der Waals surface area contributed by atoms with Gasteiger partial charge < -0.3 is 4.74 Å². The van der Waals surface area contributed by atoms with Gasteiger partial charge in [-0.1, -0.05) is 29.8 Å². The number of benzene rings is 1. The van der Waals surface area contributed by atoms with Crippen LogP contribution in [0, 0.1) is 0 Å². The van der Waals surface area contributed by atoms with Crippen molar-refractivity contribution in [3.05, 3.63) is 56.1 Å². The minimum absolute atomic E-state index is 0.125. The number of hydrazone groups is 1. The molecule has 1 N–H and O–H groups in total. The first-order valence-corrected chi connectivity index (χ1v) is 8.07. The third-order valence-corrected chi connectivity index (χ3v) is 4.08. The number of carbonyl (C=O) groups excluding carboxylic acids is 1. The maximum absolute atomic E-state index is 11.7. The van der Waals surface area contributed by atoms with E-state index in [1.54, 1.807) is 17.8 Å². The lowest BCUT2D eigenvalue weighted by Crippen LogP contribution is -2.20. The topological polar surface area (TPSA) is 72.7 Å². The number of rotatable bonds is 5. The van der Waals surface area contributed by atoms with Crippen molar-refractivity contribution in [2.45, 2.75) is 20.4 Å². The fourth-order valence-corrected chi connectivity index (χ4v) is 2.94. The molecule has 0 unspecified atom stereocenters. The number of amides is 1. The summed E-state index contributed by atoms with van der Waals surface area (Å²) < 4.78 is 6.77. The molecule has 0 aliphatic rings. The van der Waals surface area contributed by atoms with Gasteiger partial charge >= 0.3 is 6.09 Å². The summed E-state index contributed by atoms with van der Waals surface area (Å²) in [6, 6.07) is 8.96. The van der Waals surface area contributed by atoms with Crippen molar-refractivity contribution in [3.63, 3.8) is 0 Å². The monoisotopic (exact) mass is 353 g/mol. The predicted octanol–water partition coefficient (Wildman–Crippen LogP) is 3.08. The minimum Gasteiger partial charge on any atom is -0.449 e. The van der Waals surface area contributed by atoms with Gasteiger partial charge in [0.15, 0.2) is 0 Å². The molecule has 1 amide bonds. The van der Waals surface area contributed by atoms with Crippen LogP contribution in [0.3, 0.4) is 0 Å². The normalized spacial score (nSPS) is 11.3. The zero-order chi connectivity index (χ0) is 16.8. The second kappa shape index (κ2) is 7.94. The zero-order valence-corrected chi connectivity index (χ0v) is 14.3. The minimum atomic E-state index is -0.595. The summed E-state index contributed by atoms with van der Waals surface area (Å²) in [5.74, 6) is 0. The first-order chi connectivity index (χ1) is 11.0. The van der Waals surface area contributed by atoms with E-state index in [4.69, 9.17) is 16.3 Å². The molecule has 8 heteroatoms. The molecule has 0 spiro atoms. The van der Waals surface area contributed by atoms with Gasteiger partial charge in [-0.05, 0) is 42.6 Å². The molecular weight excluding hydrogens is 338 g/mol. The average Bonchev–Trinajstić information content (AvgIpc) is 2.83. The largest absolute Gasteiger partial charge is 0.449 e. The lowest BCUT2D eigenvalue weighted by Gasteiger charge is -2.06. The summed E-state index contributed by atoms with van der Waals surface area (Å²) >= 11 is 7.05. The molecule has 0 fully saturated rings. The first-order valence-electron chi connectivity index (χ1n) is 6.92.